The van der Waals surface area contributed by atoms with E-state index in [0.717, 1.165) is 30.9 Å². The van der Waals surface area contributed by atoms with Crippen LogP contribution in [0.4, 0.5) is 8.78 Å². The molecule has 0 saturated carbocycles. The molecule has 0 saturated heterocycles. The van der Waals surface area contributed by atoms with E-state index in [9.17, 15) is 8.78 Å². The number of nitrogens with one attached hydrogen (secondary N) is 1. The number of nitrogens with zero attached hydrogens (tertiary/aromatic N) is 1. The summed E-state index contributed by atoms with van der Waals surface area (Å²) in [7, 11) is 0. The highest BCUT2D eigenvalue weighted by atomic mass is 19.3. The second-order valence-corrected chi connectivity index (χ2v) is 3.74. The maximum atomic E-state index is 11.9. The second-order valence-electron chi connectivity index (χ2n) is 3.74. The molecule has 1 N–H and O–H groups in total. The first kappa shape index (κ1) is 11.4. The van der Waals surface area contributed by atoms with E-state index >= 15 is 0 Å². The molecule has 2 rings (SSSR count). The van der Waals surface area contributed by atoms with Crippen molar-refractivity contribution >= 4 is 0 Å². The first-order chi connectivity index (χ1) is 7.75. The van der Waals surface area contributed by atoms with Gasteiger partial charge >= 0.3 is 0 Å². The summed E-state index contributed by atoms with van der Waals surface area (Å²) in [5.74, 6) is 0. The number of alkyl halides is 2. The minimum atomic E-state index is -2.41. The van der Waals surface area contributed by atoms with Crippen LogP contribution in [-0.4, -0.2) is 24.6 Å². The fraction of sp³-hybridized carbons (Fsp3) is 0.545. The molecule has 1 aromatic rings. The summed E-state index contributed by atoms with van der Waals surface area (Å²) < 4.78 is 28.6. The highest BCUT2D eigenvalue weighted by molar-refractivity contribution is 5.24. The van der Waals surface area contributed by atoms with Crippen LogP contribution in [0.1, 0.15) is 17.0 Å². The normalized spacial score (nSPS) is 15.2. The van der Waals surface area contributed by atoms with Gasteiger partial charge in [0, 0.05) is 25.2 Å². The van der Waals surface area contributed by atoms with Gasteiger partial charge in [-0.3, -0.25) is 4.98 Å². The molecule has 0 fully saturated rings. The zero-order valence-electron chi connectivity index (χ0n) is 8.88. The number of fused-ring (bicyclic) bond motifs is 1. The highest BCUT2D eigenvalue weighted by Gasteiger charge is 2.10. The predicted molar refractivity (Wildman–Crippen MR) is 55.3 cm³/mol. The molecule has 3 nitrogen and oxygen atoms in total. The standard InChI is InChI=1S/C11H14F2N2O/c12-11(13)7-16-6-9-2-1-8-5-14-4-3-10(8)15-9/h1-2,11,14H,3-7H2. The van der Waals surface area contributed by atoms with Crippen molar-refractivity contribution in [2.75, 3.05) is 13.2 Å². The Labute approximate surface area is 92.8 Å². The van der Waals surface area contributed by atoms with Gasteiger partial charge in [0.15, 0.2) is 0 Å². The van der Waals surface area contributed by atoms with E-state index in [1.54, 1.807) is 0 Å². The molecule has 1 aliphatic rings. The summed E-state index contributed by atoms with van der Waals surface area (Å²) in [5.41, 5.74) is 2.96. The van der Waals surface area contributed by atoms with Gasteiger partial charge in [-0.25, -0.2) is 8.78 Å². The third kappa shape index (κ3) is 2.96. The highest BCUT2D eigenvalue weighted by Crippen LogP contribution is 2.12. The number of halogens is 2. The number of hydrogen-bond donors (Lipinski definition) is 1. The van der Waals surface area contributed by atoms with Crippen molar-refractivity contribution in [3.05, 3.63) is 29.1 Å². The molecule has 88 valence electrons. The lowest BCUT2D eigenvalue weighted by Crippen LogP contribution is -2.24. The van der Waals surface area contributed by atoms with Crippen molar-refractivity contribution in [3.8, 4) is 0 Å². The SMILES string of the molecule is FC(F)COCc1ccc2c(n1)CCNC2. The van der Waals surface area contributed by atoms with E-state index in [2.05, 4.69) is 10.3 Å². The summed E-state index contributed by atoms with van der Waals surface area (Å²) in [4.78, 5) is 4.40. The van der Waals surface area contributed by atoms with Gasteiger partial charge in [0.2, 0.25) is 0 Å². The van der Waals surface area contributed by atoms with Crippen molar-refractivity contribution < 1.29 is 13.5 Å². The molecule has 1 aliphatic heterocycles. The fourth-order valence-electron chi connectivity index (χ4n) is 1.72. The minimum absolute atomic E-state index is 0.158. The Balaban J connectivity index is 1.95. The van der Waals surface area contributed by atoms with E-state index in [1.807, 2.05) is 12.1 Å². The van der Waals surface area contributed by atoms with Crippen molar-refractivity contribution in [1.82, 2.24) is 10.3 Å². The van der Waals surface area contributed by atoms with Gasteiger partial charge in [-0.1, -0.05) is 6.07 Å². The van der Waals surface area contributed by atoms with E-state index in [0.29, 0.717) is 0 Å². The Bertz CT molecular complexity index is 358. The van der Waals surface area contributed by atoms with Gasteiger partial charge in [-0.15, -0.1) is 0 Å². The van der Waals surface area contributed by atoms with Crippen molar-refractivity contribution in [3.63, 3.8) is 0 Å². The topological polar surface area (TPSA) is 34.1 Å². The van der Waals surface area contributed by atoms with Gasteiger partial charge in [-0.05, 0) is 11.6 Å². The molecule has 0 atom stereocenters. The van der Waals surface area contributed by atoms with Gasteiger partial charge in [-0.2, -0.15) is 0 Å². The van der Waals surface area contributed by atoms with Crippen LogP contribution >= 0.6 is 0 Å². The van der Waals surface area contributed by atoms with Crippen LogP contribution in [0.5, 0.6) is 0 Å². The smallest absolute Gasteiger partial charge is 0.261 e. The van der Waals surface area contributed by atoms with Crippen LogP contribution in [0.25, 0.3) is 0 Å². The van der Waals surface area contributed by atoms with Crippen LogP contribution in [0.15, 0.2) is 12.1 Å². The quantitative estimate of drug-likeness (QED) is 0.848. The first-order valence-electron chi connectivity index (χ1n) is 5.30. The second kappa shape index (κ2) is 5.32. The Morgan fingerprint density at radius 1 is 1.44 bits per heavy atom. The fourth-order valence-corrected chi connectivity index (χ4v) is 1.72. The van der Waals surface area contributed by atoms with Crippen molar-refractivity contribution in [2.24, 2.45) is 0 Å². The lowest BCUT2D eigenvalue weighted by Gasteiger charge is -2.16. The number of ether oxygens (including phenoxy) is 1. The molecule has 0 radical (unpaired) electrons. The number of rotatable bonds is 4. The molecule has 0 aliphatic carbocycles. The molecule has 1 aromatic heterocycles. The third-order valence-electron chi connectivity index (χ3n) is 2.47. The average molecular weight is 228 g/mol. The Morgan fingerprint density at radius 3 is 3.12 bits per heavy atom. The molecule has 0 unspecified atom stereocenters. The molecule has 2 heterocycles. The molecule has 0 bridgehead atoms. The zero-order chi connectivity index (χ0) is 11.4. The van der Waals surface area contributed by atoms with Crippen LogP contribution in [0.2, 0.25) is 0 Å². The summed E-state index contributed by atoms with van der Waals surface area (Å²) in [6.45, 7) is 1.38. The Morgan fingerprint density at radius 2 is 2.31 bits per heavy atom. The summed E-state index contributed by atoms with van der Waals surface area (Å²) in [6.07, 6.45) is -1.53. The molecule has 0 spiro atoms. The Kier molecular flexibility index (Phi) is 3.79. The summed E-state index contributed by atoms with van der Waals surface area (Å²) in [5, 5.41) is 3.25. The van der Waals surface area contributed by atoms with E-state index in [1.165, 1.54) is 5.56 Å². The molecular formula is C11H14F2N2O. The van der Waals surface area contributed by atoms with E-state index < -0.39 is 13.0 Å². The largest absolute Gasteiger partial charge is 0.369 e. The van der Waals surface area contributed by atoms with Crippen LogP contribution in [0.3, 0.4) is 0 Å². The monoisotopic (exact) mass is 228 g/mol. The van der Waals surface area contributed by atoms with Crippen molar-refractivity contribution in [1.29, 1.82) is 0 Å². The van der Waals surface area contributed by atoms with Crippen LogP contribution in [0, 0.1) is 0 Å². The van der Waals surface area contributed by atoms with Crippen LogP contribution < -0.4 is 5.32 Å². The molecule has 16 heavy (non-hydrogen) atoms. The minimum Gasteiger partial charge on any atom is -0.369 e. The van der Waals surface area contributed by atoms with Gasteiger partial charge in [0.1, 0.15) is 6.61 Å². The third-order valence-corrected chi connectivity index (χ3v) is 2.47. The van der Waals surface area contributed by atoms with Gasteiger partial charge < -0.3 is 10.1 Å². The number of hydrogen-bond acceptors (Lipinski definition) is 3. The summed E-state index contributed by atoms with van der Waals surface area (Å²) >= 11 is 0. The lowest BCUT2D eigenvalue weighted by molar-refractivity contribution is 0.00878. The van der Waals surface area contributed by atoms with Gasteiger partial charge in [0.25, 0.3) is 6.43 Å². The molecule has 5 heteroatoms. The maximum absolute atomic E-state index is 11.9. The molecule has 0 aromatic carbocycles. The van der Waals surface area contributed by atoms with Gasteiger partial charge in [0.05, 0.1) is 12.3 Å². The number of aromatic nitrogens is 1. The van der Waals surface area contributed by atoms with Crippen LogP contribution in [-0.2, 0) is 24.3 Å². The lowest BCUT2D eigenvalue weighted by atomic mass is 10.1. The molecular weight excluding hydrogens is 214 g/mol. The first-order valence-corrected chi connectivity index (χ1v) is 5.30. The summed E-state index contributed by atoms with van der Waals surface area (Å²) in [6, 6.07) is 3.81. The molecule has 0 amide bonds. The van der Waals surface area contributed by atoms with Crippen molar-refractivity contribution in [2.45, 2.75) is 26.0 Å². The van der Waals surface area contributed by atoms with E-state index in [4.69, 9.17) is 4.74 Å². The Hall–Kier alpha value is -1.07. The van der Waals surface area contributed by atoms with E-state index in [-0.39, 0.29) is 6.61 Å². The average Bonchev–Trinajstić information content (AvgIpc) is 2.28. The maximum Gasteiger partial charge on any atom is 0.261 e. The predicted octanol–water partition coefficient (Wildman–Crippen LogP) is 1.51. The zero-order valence-corrected chi connectivity index (χ0v) is 8.88. The number of pyridine rings is 1.